The van der Waals surface area contributed by atoms with Crippen molar-refractivity contribution in [2.24, 2.45) is 0 Å². The molecule has 1 amide bonds. The van der Waals surface area contributed by atoms with Crippen molar-refractivity contribution >= 4 is 34.2 Å². The van der Waals surface area contributed by atoms with Gasteiger partial charge in [0.05, 0.1) is 43.1 Å². The first-order valence-electron chi connectivity index (χ1n) is 10.0. The summed E-state index contributed by atoms with van der Waals surface area (Å²) in [5.41, 5.74) is 9.96. The van der Waals surface area contributed by atoms with Crippen LogP contribution in [0.5, 0.6) is 0 Å². The van der Waals surface area contributed by atoms with Gasteiger partial charge in [0.25, 0.3) is 5.91 Å². The van der Waals surface area contributed by atoms with Crippen LogP contribution in [-0.2, 0) is 22.6 Å². The Morgan fingerprint density at radius 3 is 2.87 bits per heavy atom. The Bertz CT molecular complexity index is 1120. The largest absolute Gasteiger partial charge is 0.383 e. The Hall–Kier alpha value is -2.81. The molecule has 3 heterocycles. The molecule has 2 N–H and O–H groups in total. The number of carbonyl (C=O) groups is 1. The number of nitrogens with zero attached hydrogens (tertiary/aromatic N) is 4. The van der Waals surface area contributed by atoms with E-state index in [4.69, 9.17) is 26.8 Å². The fraction of sp³-hybridized carbons (Fsp3) is 0.364. The lowest BCUT2D eigenvalue weighted by Crippen LogP contribution is -2.40. The molecule has 0 saturated carbocycles. The first-order valence-corrected chi connectivity index (χ1v) is 10.4. The second kappa shape index (κ2) is 8.74. The number of hydrogen-bond acceptors (Lipinski definition) is 7. The van der Waals surface area contributed by atoms with E-state index in [0.29, 0.717) is 35.4 Å². The summed E-state index contributed by atoms with van der Waals surface area (Å²) < 4.78 is 11.1. The number of rotatable bonds is 6. The number of nitrogen functional groups attached to an aromatic ring is 1. The maximum atomic E-state index is 13.5. The Kier molecular flexibility index (Phi) is 6.04. The highest BCUT2D eigenvalue weighted by Crippen LogP contribution is 2.38. The number of anilines is 1. The maximum Gasteiger partial charge on any atom is 0.254 e. The lowest BCUT2D eigenvalue weighted by atomic mass is 10.00. The number of carbonyl (C=O) groups excluding carboxylic acids is 1. The van der Waals surface area contributed by atoms with Gasteiger partial charge in [-0.1, -0.05) is 11.6 Å². The second-order valence-corrected chi connectivity index (χ2v) is 8.05. The number of hydrogen-bond donors (Lipinski definition) is 1. The number of methoxy groups -OCH3 is 1. The van der Waals surface area contributed by atoms with Crippen molar-refractivity contribution in [1.82, 2.24) is 20.1 Å². The normalized spacial score (nSPS) is 16.3. The minimum Gasteiger partial charge on any atom is -0.383 e. The molecule has 3 aromatic rings. The van der Waals surface area contributed by atoms with Gasteiger partial charge in [-0.3, -0.25) is 4.79 Å². The summed E-state index contributed by atoms with van der Waals surface area (Å²) in [6, 6.07) is 8.69. The van der Waals surface area contributed by atoms with Crippen LogP contribution in [0.2, 0.25) is 5.15 Å². The molecule has 2 aromatic heterocycles. The summed E-state index contributed by atoms with van der Waals surface area (Å²) in [5.74, 6) is 0.337. The van der Waals surface area contributed by atoms with Crippen LogP contribution < -0.4 is 5.73 Å². The molecule has 0 spiro atoms. The van der Waals surface area contributed by atoms with Crippen LogP contribution in [0, 0.1) is 0 Å². The van der Waals surface area contributed by atoms with E-state index in [-0.39, 0.29) is 24.6 Å². The van der Waals surface area contributed by atoms with Crippen LogP contribution in [0.4, 0.5) is 5.82 Å². The minimum absolute atomic E-state index is 0.118. The highest BCUT2D eigenvalue weighted by molar-refractivity contribution is 6.29. The Morgan fingerprint density at radius 1 is 1.35 bits per heavy atom. The zero-order valence-electron chi connectivity index (χ0n) is 17.6. The van der Waals surface area contributed by atoms with Crippen molar-refractivity contribution in [1.29, 1.82) is 0 Å². The highest BCUT2D eigenvalue weighted by atomic mass is 35.5. The second-order valence-electron chi connectivity index (χ2n) is 7.66. The van der Waals surface area contributed by atoms with Crippen LogP contribution in [0.25, 0.3) is 10.9 Å². The first-order chi connectivity index (χ1) is 14.9. The zero-order chi connectivity index (χ0) is 22.1. The van der Waals surface area contributed by atoms with Crippen LogP contribution in [0.3, 0.4) is 0 Å². The van der Waals surface area contributed by atoms with Gasteiger partial charge in [0.15, 0.2) is 5.15 Å². The molecule has 0 saturated heterocycles. The number of fused-ring (bicyclic) bond motifs is 3. The van der Waals surface area contributed by atoms with Crippen molar-refractivity contribution in [3.05, 3.63) is 57.9 Å². The van der Waals surface area contributed by atoms with Crippen molar-refractivity contribution in [3.63, 3.8) is 0 Å². The van der Waals surface area contributed by atoms with E-state index in [1.807, 2.05) is 26.0 Å². The Balaban J connectivity index is 1.72. The predicted octanol–water partition coefficient (Wildman–Crippen LogP) is 3.53. The van der Waals surface area contributed by atoms with Crippen LogP contribution >= 0.6 is 11.6 Å². The van der Waals surface area contributed by atoms with E-state index in [0.717, 1.165) is 22.0 Å². The summed E-state index contributed by atoms with van der Waals surface area (Å²) in [5, 5.41) is 9.16. The van der Waals surface area contributed by atoms with Gasteiger partial charge < -0.3 is 20.1 Å². The summed E-state index contributed by atoms with van der Waals surface area (Å²) in [4.78, 5) is 19.7. The molecule has 31 heavy (non-hydrogen) atoms. The molecule has 0 fully saturated rings. The fourth-order valence-corrected chi connectivity index (χ4v) is 4.03. The van der Waals surface area contributed by atoms with E-state index in [9.17, 15) is 4.79 Å². The molecule has 0 aliphatic carbocycles. The number of amides is 1. The van der Waals surface area contributed by atoms with Gasteiger partial charge in [-0.25, -0.2) is 4.98 Å². The van der Waals surface area contributed by atoms with Gasteiger partial charge in [0.2, 0.25) is 0 Å². The summed E-state index contributed by atoms with van der Waals surface area (Å²) in [7, 11) is 1.61. The molecule has 4 rings (SSSR count). The van der Waals surface area contributed by atoms with Crippen LogP contribution in [0.15, 0.2) is 30.3 Å². The number of nitrogens with two attached hydrogens (primary N) is 1. The third-order valence-corrected chi connectivity index (χ3v) is 5.72. The molecule has 0 radical (unpaired) electrons. The molecule has 0 unspecified atom stereocenters. The summed E-state index contributed by atoms with van der Waals surface area (Å²) in [6.07, 6.45) is -0.118. The molecular formula is C22H24ClN5O3. The predicted molar refractivity (Wildman–Crippen MR) is 118 cm³/mol. The van der Waals surface area contributed by atoms with E-state index in [1.165, 1.54) is 0 Å². The highest BCUT2D eigenvalue weighted by Gasteiger charge is 2.27. The average Bonchev–Trinajstić information content (AvgIpc) is 3.15. The molecule has 1 aliphatic heterocycles. The molecule has 162 valence electrons. The third kappa shape index (κ3) is 4.19. The van der Waals surface area contributed by atoms with Gasteiger partial charge in [-0.2, -0.15) is 5.10 Å². The monoisotopic (exact) mass is 441 g/mol. The van der Waals surface area contributed by atoms with Crippen molar-refractivity contribution in [2.45, 2.75) is 39.1 Å². The smallest absolute Gasteiger partial charge is 0.254 e. The van der Waals surface area contributed by atoms with Gasteiger partial charge in [-0.15, -0.1) is 5.10 Å². The van der Waals surface area contributed by atoms with Gasteiger partial charge in [-0.05, 0) is 49.7 Å². The summed E-state index contributed by atoms with van der Waals surface area (Å²) >= 11 is 5.84. The number of ether oxygens (including phenoxy) is 2. The lowest BCUT2D eigenvalue weighted by molar-refractivity contribution is 0.0538. The molecule has 1 aromatic carbocycles. The fourth-order valence-electron chi connectivity index (χ4n) is 3.93. The minimum atomic E-state index is -0.177. The third-order valence-electron chi connectivity index (χ3n) is 5.52. The number of aromatic nitrogens is 3. The molecule has 0 bridgehead atoms. The maximum absolute atomic E-state index is 13.5. The quantitative estimate of drug-likeness (QED) is 0.624. The van der Waals surface area contributed by atoms with E-state index in [2.05, 4.69) is 15.2 Å². The SMILES string of the molecule is COC[C@@H](C)N(Cc1ccc(Cl)nn1)C(=O)c1ccc2nc(N)c3c(c2c1)CO[C@@H]3C. The van der Waals surface area contributed by atoms with E-state index < -0.39 is 0 Å². The molecule has 9 heteroatoms. The van der Waals surface area contributed by atoms with Gasteiger partial charge >= 0.3 is 0 Å². The Labute approximate surface area is 185 Å². The van der Waals surface area contributed by atoms with Crippen molar-refractivity contribution in [2.75, 3.05) is 19.5 Å². The number of pyridine rings is 1. The summed E-state index contributed by atoms with van der Waals surface area (Å²) in [6.45, 7) is 5.00. The van der Waals surface area contributed by atoms with E-state index in [1.54, 1.807) is 30.2 Å². The van der Waals surface area contributed by atoms with Crippen molar-refractivity contribution < 1.29 is 14.3 Å². The molecular weight excluding hydrogens is 418 g/mol. The zero-order valence-corrected chi connectivity index (χ0v) is 18.4. The molecule has 8 nitrogen and oxygen atoms in total. The standard InChI is InChI=1S/C22H24ClN5O3/c1-12(10-30-3)28(9-15-5-7-19(23)27-26-15)22(29)14-4-6-18-16(8-14)17-11-31-13(2)20(17)21(24)25-18/h4-8,12-13H,9-11H2,1-3H3,(H2,24,25)/t12-,13-/m1/s1. The van der Waals surface area contributed by atoms with Gasteiger partial charge in [0.1, 0.15) is 5.82 Å². The number of benzene rings is 1. The molecule has 2 atom stereocenters. The first kappa shape index (κ1) is 21.4. The Morgan fingerprint density at radius 2 is 2.16 bits per heavy atom. The molecule has 1 aliphatic rings. The van der Waals surface area contributed by atoms with Crippen LogP contribution in [-0.4, -0.2) is 45.7 Å². The average molecular weight is 442 g/mol. The number of halogens is 1. The van der Waals surface area contributed by atoms with Crippen molar-refractivity contribution in [3.8, 4) is 0 Å². The lowest BCUT2D eigenvalue weighted by Gasteiger charge is -2.28. The van der Waals surface area contributed by atoms with Crippen LogP contribution in [0.1, 0.15) is 47.1 Å². The topological polar surface area (TPSA) is 103 Å². The van der Waals surface area contributed by atoms with E-state index >= 15 is 0 Å². The van der Waals surface area contributed by atoms with Gasteiger partial charge in [0, 0.05) is 23.6 Å².